The summed E-state index contributed by atoms with van der Waals surface area (Å²) < 4.78 is 16.3. The van der Waals surface area contributed by atoms with E-state index in [0.717, 1.165) is 22.3 Å². The fourth-order valence-corrected chi connectivity index (χ4v) is 4.23. The lowest BCUT2D eigenvalue weighted by Crippen LogP contribution is -2.40. The molecular formula is C29H29FN5O+. The number of hydrogen-bond donors (Lipinski definition) is 3. The van der Waals surface area contributed by atoms with Gasteiger partial charge < -0.3 is 15.6 Å². The maximum Gasteiger partial charge on any atom is 0.268 e. The number of nitrogens with zero attached hydrogens (tertiary/aromatic N) is 2. The third-order valence-electron chi connectivity index (χ3n) is 6.25. The summed E-state index contributed by atoms with van der Waals surface area (Å²) in [6.45, 7) is 1.30. The van der Waals surface area contributed by atoms with E-state index in [2.05, 4.69) is 11.2 Å². The van der Waals surface area contributed by atoms with Gasteiger partial charge in [0.25, 0.3) is 5.91 Å². The molecule has 0 spiro atoms. The molecule has 0 aliphatic carbocycles. The molecule has 1 aromatic heterocycles. The molecule has 1 heterocycles. The van der Waals surface area contributed by atoms with Crippen LogP contribution in [-0.2, 0) is 13.1 Å². The highest BCUT2D eigenvalue weighted by Crippen LogP contribution is 2.24. The molecule has 4 N–H and O–H groups in total. The lowest BCUT2D eigenvalue weighted by atomic mass is 10.1. The number of amides is 1. The minimum Gasteiger partial charge on any atom is -0.384 e. The Morgan fingerprint density at radius 2 is 1.83 bits per heavy atom. The number of carbonyl (C=O) groups is 1. The number of nitrogens with one attached hydrogen (secondary N) is 2. The van der Waals surface area contributed by atoms with Gasteiger partial charge in [-0.25, -0.2) is 4.39 Å². The van der Waals surface area contributed by atoms with Gasteiger partial charge >= 0.3 is 0 Å². The zero-order chi connectivity index (χ0) is 25.9. The first-order chi connectivity index (χ1) is 17.2. The third kappa shape index (κ3) is 5.29. The van der Waals surface area contributed by atoms with E-state index in [1.54, 1.807) is 18.2 Å². The van der Waals surface area contributed by atoms with Gasteiger partial charge in [0.05, 0.1) is 14.1 Å². The number of quaternary nitrogens is 1. The van der Waals surface area contributed by atoms with Crippen LogP contribution in [-0.4, -0.2) is 36.9 Å². The number of nitrogen functional groups attached to an aromatic ring is 1. The first-order valence-corrected chi connectivity index (χ1v) is 11.5. The van der Waals surface area contributed by atoms with E-state index in [9.17, 15) is 9.18 Å². The predicted molar refractivity (Wildman–Crippen MR) is 143 cm³/mol. The van der Waals surface area contributed by atoms with Crippen LogP contribution in [0.3, 0.4) is 0 Å². The van der Waals surface area contributed by atoms with E-state index in [0.29, 0.717) is 40.8 Å². The molecule has 3 aromatic carbocycles. The highest BCUT2D eigenvalue weighted by atomic mass is 19.1. The number of nitrogens with two attached hydrogens (primary N) is 1. The Morgan fingerprint density at radius 3 is 2.53 bits per heavy atom. The number of carbonyl (C=O) groups excluding carboxylic acids is 1. The molecule has 4 aromatic rings. The highest BCUT2D eigenvalue weighted by molar-refractivity contribution is 5.99. The SMILES string of the molecule is C#CC[N+](C)(C)c1ccc(CNC(=O)c2cc3cc(F)ccc3n2Cc2cccc(C(=N)N)c2)cc1. The van der Waals surface area contributed by atoms with Crippen LogP contribution in [0.5, 0.6) is 0 Å². The van der Waals surface area contributed by atoms with Crippen molar-refractivity contribution >= 4 is 28.3 Å². The fourth-order valence-electron chi connectivity index (χ4n) is 4.23. The van der Waals surface area contributed by atoms with Gasteiger partial charge in [0.1, 0.15) is 29.6 Å². The second-order valence-corrected chi connectivity index (χ2v) is 9.33. The smallest absolute Gasteiger partial charge is 0.268 e. The number of halogens is 1. The molecule has 0 bridgehead atoms. The van der Waals surface area contributed by atoms with Crippen LogP contribution in [0.2, 0.25) is 0 Å². The number of rotatable bonds is 8. The van der Waals surface area contributed by atoms with Crippen molar-refractivity contribution in [2.24, 2.45) is 5.73 Å². The molecule has 0 unspecified atom stereocenters. The van der Waals surface area contributed by atoms with Crippen molar-refractivity contribution in [2.75, 3.05) is 20.6 Å². The molecule has 0 fully saturated rings. The summed E-state index contributed by atoms with van der Waals surface area (Å²) in [7, 11) is 4.09. The Kier molecular flexibility index (Phi) is 6.91. The first kappa shape index (κ1) is 24.7. The van der Waals surface area contributed by atoms with Gasteiger partial charge in [0.15, 0.2) is 0 Å². The standard InChI is InChI=1S/C29H28FN5O/c1-4-14-35(2,3)25-11-8-20(9-12-25)18-33-29(36)27-17-23-16-24(30)10-13-26(23)34(27)19-21-6-5-7-22(15-21)28(31)32/h1,5-13,15-17H,14,18-19H2,2-3H3,(H3-,31,32,33,36)/p+1. The molecule has 7 heteroatoms. The zero-order valence-corrected chi connectivity index (χ0v) is 20.4. The van der Waals surface area contributed by atoms with Gasteiger partial charge in [-0.2, -0.15) is 0 Å². The minimum atomic E-state index is -0.364. The van der Waals surface area contributed by atoms with Gasteiger partial charge in [0, 0.05) is 29.6 Å². The molecule has 0 aliphatic rings. The van der Waals surface area contributed by atoms with Crippen LogP contribution in [0.4, 0.5) is 10.1 Å². The Balaban J connectivity index is 1.58. The summed E-state index contributed by atoms with van der Waals surface area (Å²) in [6.07, 6.45) is 5.48. The fraction of sp³-hybridized carbons (Fsp3) is 0.172. The number of terminal acetylenes is 1. The molecule has 1 amide bonds. The summed E-state index contributed by atoms with van der Waals surface area (Å²) in [5.74, 6) is 2.04. The number of benzene rings is 3. The average molecular weight is 483 g/mol. The Morgan fingerprint density at radius 1 is 1.08 bits per heavy atom. The van der Waals surface area contributed by atoms with E-state index in [4.69, 9.17) is 17.6 Å². The molecule has 6 nitrogen and oxygen atoms in total. The normalized spacial score (nSPS) is 11.3. The second-order valence-electron chi connectivity index (χ2n) is 9.33. The van der Waals surface area contributed by atoms with Crippen LogP contribution in [0.25, 0.3) is 10.9 Å². The van der Waals surface area contributed by atoms with Crippen molar-refractivity contribution < 1.29 is 9.18 Å². The molecular weight excluding hydrogens is 453 g/mol. The van der Waals surface area contributed by atoms with Gasteiger partial charge in [0.2, 0.25) is 0 Å². The van der Waals surface area contributed by atoms with Crippen molar-refractivity contribution in [3.05, 3.63) is 101 Å². The van der Waals surface area contributed by atoms with Crippen LogP contribution in [0.15, 0.2) is 72.8 Å². The lowest BCUT2D eigenvalue weighted by molar-refractivity contribution is 0.0942. The molecule has 0 atom stereocenters. The molecule has 182 valence electrons. The van der Waals surface area contributed by atoms with Crippen molar-refractivity contribution in [1.29, 1.82) is 5.41 Å². The van der Waals surface area contributed by atoms with Crippen molar-refractivity contribution in [3.63, 3.8) is 0 Å². The Bertz CT molecular complexity index is 1480. The van der Waals surface area contributed by atoms with Gasteiger partial charge in [-0.15, -0.1) is 6.42 Å². The number of amidine groups is 1. The number of fused-ring (bicyclic) bond motifs is 1. The Hall–Kier alpha value is -4.41. The predicted octanol–water partition coefficient (Wildman–Crippen LogP) is 4.24. The van der Waals surface area contributed by atoms with Crippen LogP contribution in [0.1, 0.15) is 27.2 Å². The number of hydrogen-bond acceptors (Lipinski definition) is 2. The van der Waals surface area contributed by atoms with Crippen LogP contribution < -0.4 is 15.5 Å². The van der Waals surface area contributed by atoms with E-state index in [1.807, 2.05) is 61.1 Å². The lowest BCUT2D eigenvalue weighted by Gasteiger charge is -2.26. The molecule has 0 aliphatic heterocycles. The topological polar surface area (TPSA) is 83.9 Å². The first-order valence-electron chi connectivity index (χ1n) is 11.5. The number of aromatic nitrogens is 1. The van der Waals surface area contributed by atoms with Gasteiger partial charge in [-0.05, 0) is 59.5 Å². The van der Waals surface area contributed by atoms with Crippen molar-refractivity contribution in [3.8, 4) is 12.3 Å². The van der Waals surface area contributed by atoms with E-state index >= 15 is 0 Å². The van der Waals surface area contributed by atoms with E-state index in [1.165, 1.54) is 12.1 Å². The zero-order valence-electron chi connectivity index (χ0n) is 20.4. The molecule has 36 heavy (non-hydrogen) atoms. The van der Waals surface area contributed by atoms with Crippen molar-refractivity contribution in [1.82, 2.24) is 14.4 Å². The molecule has 0 saturated heterocycles. The van der Waals surface area contributed by atoms with Gasteiger partial charge in [-0.1, -0.05) is 30.3 Å². The van der Waals surface area contributed by atoms with E-state index in [-0.39, 0.29) is 17.6 Å². The molecule has 4 rings (SSSR count). The summed E-state index contributed by atoms with van der Waals surface area (Å²) in [6, 6.07) is 21.5. The average Bonchev–Trinajstić information content (AvgIpc) is 3.20. The summed E-state index contributed by atoms with van der Waals surface area (Å²) >= 11 is 0. The highest BCUT2D eigenvalue weighted by Gasteiger charge is 2.19. The molecule has 0 saturated carbocycles. The summed E-state index contributed by atoms with van der Waals surface area (Å²) in [5, 5.41) is 11.3. The quantitative estimate of drug-likeness (QED) is 0.152. The largest absolute Gasteiger partial charge is 0.384 e. The Labute approximate surface area is 210 Å². The van der Waals surface area contributed by atoms with Crippen LogP contribution in [0, 0.1) is 23.6 Å². The summed E-state index contributed by atoms with van der Waals surface area (Å²) in [5.41, 5.74) is 10.3. The third-order valence-corrected chi connectivity index (χ3v) is 6.25. The van der Waals surface area contributed by atoms with E-state index < -0.39 is 0 Å². The van der Waals surface area contributed by atoms with Gasteiger partial charge in [-0.3, -0.25) is 14.7 Å². The second kappa shape index (κ2) is 10.1. The van der Waals surface area contributed by atoms with Crippen LogP contribution >= 0.6 is 0 Å². The maximum atomic E-state index is 13.9. The summed E-state index contributed by atoms with van der Waals surface area (Å²) in [4.78, 5) is 13.3. The van der Waals surface area contributed by atoms with Crippen molar-refractivity contribution in [2.45, 2.75) is 13.1 Å². The maximum absolute atomic E-state index is 13.9. The monoisotopic (exact) mass is 482 g/mol. The molecule has 0 radical (unpaired) electrons. The minimum absolute atomic E-state index is 0.0262.